The largest absolute Gasteiger partial charge is 0.493 e. The lowest BCUT2D eigenvalue weighted by atomic mass is 9.91. The maximum atomic E-state index is 12.4. The van der Waals surface area contributed by atoms with Crippen LogP contribution in [0.4, 0.5) is 0 Å². The minimum atomic E-state index is -0.373. The number of hydrogen-bond donors (Lipinski definition) is 2. The molecule has 0 spiro atoms. The Labute approximate surface area is 152 Å². The molecule has 0 unspecified atom stereocenters. The van der Waals surface area contributed by atoms with Crippen LogP contribution in [0.2, 0.25) is 0 Å². The number of amides is 1. The number of nitrogens with one attached hydrogen (secondary N) is 2. The summed E-state index contributed by atoms with van der Waals surface area (Å²) in [5, 5.41) is 6.56. The SMILES string of the molecule is CC(C)COc1ccc(C(C)(C)NC(=O)CCC2CCNCC2)cc1. The van der Waals surface area contributed by atoms with Crippen LogP contribution in [-0.4, -0.2) is 25.6 Å². The van der Waals surface area contributed by atoms with Gasteiger partial charge in [0, 0.05) is 6.42 Å². The molecule has 0 aromatic heterocycles. The molecule has 25 heavy (non-hydrogen) atoms. The lowest BCUT2D eigenvalue weighted by Crippen LogP contribution is -2.41. The zero-order chi connectivity index (χ0) is 18.3. The number of piperidine rings is 1. The third-order valence-corrected chi connectivity index (χ3v) is 4.85. The van der Waals surface area contributed by atoms with E-state index in [9.17, 15) is 4.79 Å². The summed E-state index contributed by atoms with van der Waals surface area (Å²) >= 11 is 0. The van der Waals surface area contributed by atoms with Crippen LogP contribution in [0.1, 0.15) is 58.9 Å². The maximum Gasteiger partial charge on any atom is 0.220 e. The number of ether oxygens (including phenoxy) is 1. The molecular formula is C21H34N2O2. The van der Waals surface area contributed by atoms with E-state index in [1.54, 1.807) is 0 Å². The monoisotopic (exact) mass is 346 g/mol. The average molecular weight is 347 g/mol. The summed E-state index contributed by atoms with van der Waals surface area (Å²) in [5.41, 5.74) is 0.724. The highest BCUT2D eigenvalue weighted by Gasteiger charge is 2.23. The predicted molar refractivity (Wildman–Crippen MR) is 103 cm³/mol. The highest BCUT2D eigenvalue weighted by Crippen LogP contribution is 2.24. The molecule has 4 heteroatoms. The zero-order valence-corrected chi connectivity index (χ0v) is 16.2. The van der Waals surface area contributed by atoms with Crippen LogP contribution in [0.25, 0.3) is 0 Å². The maximum absolute atomic E-state index is 12.4. The van der Waals surface area contributed by atoms with Crippen molar-refractivity contribution in [3.63, 3.8) is 0 Å². The summed E-state index contributed by atoms with van der Waals surface area (Å²) < 4.78 is 5.73. The zero-order valence-electron chi connectivity index (χ0n) is 16.2. The Morgan fingerprint density at radius 1 is 1.24 bits per heavy atom. The minimum absolute atomic E-state index is 0.142. The first-order chi connectivity index (χ1) is 11.9. The number of carbonyl (C=O) groups is 1. The summed E-state index contributed by atoms with van der Waals surface area (Å²) in [7, 11) is 0. The molecule has 1 fully saturated rings. The molecule has 1 aliphatic rings. The summed E-state index contributed by atoms with van der Waals surface area (Å²) in [4.78, 5) is 12.4. The fourth-order valence-corrected chi connectivity index (χ4v) is 3.22. The normalized spacial score (nSPS) is 16.0. The molecule has 1 saturated heterocycles. The van der Waals surface area contributed by atoms with E-state index in [1.807, 2.05) is 24.3 Å². The Morgan fingerprint density at radius 2 is 1.88 bits per heavy atom. The standard InChI is InChI=1S/C21H34N2O2/c1-16(2)15-25-19-8-6-18(7-9-19)21(3,4)23-20(24)10-5-17-11-13-22-14-12-17/h6-9,16-17,22H,5,10-15H2,1-4H3,(H,23,24). The predicted octanol–water partition coefficient (Wildman–Crippen LogP) is 3.85. The quantitative estimate of drug-likeness (QED) is 0.752. The highest BCUT2D eigenvalue weighted by molar-refractivity contribution is 5.77. The Morgan fingerprint density at radius 3 is 2.48 bits per heavy atom. The van der Waals surface area contributed by atoms with E-state index in [-0.39, 0.29) is 11.4 Å². The van der Waals surface area contributed by atoms with Gasteiger partial charge in [0.05, 0.1) is 12.1 Å². The molecule has 0 bridgehead atoms. The minimum Gasteiger partial charge on any atom is -0.493 e. The van der Waals surface area contributed by atoms with Gasteiger partial charge in [-0.3, -0.25) is 4.79 Å². The van der Waals surface area contributed by atoms with Crippen molar-refractivity contribution in [2.45, 2.75) is 58.9 Å². The first kappa shape index (κ1) is 19.8. The molecule has 0 aliphatic carbocycles. The second-order valence-electron chi connectivity index (χ2n) is 8.13. The first-order valence-electron chi connectivity index (χ1n) is 9.62. The molecule has 140 valence electrons. The van der Waals surface area contributed by atoms with Crippen molar-refractivity contribution in [1.29, 1.82) is 0 Å². The third-order valence-electron chi connectivity index (χ3n) is 4.85. The van der Waals surface area contributed by atoms with Gasteiger partial charge < -0.3 is 15.4 Å². The molecule has 1 aromatic rings. The van der Waals surface area contributed by atoms with Crippen LogP contribution in [0.3, 0.4) is 0 Å². The molecule has 1 aliphatic heterocycles. The second-order valence-corrected chi connectivity index (χ2v) is 8.13. The Bertz CT molecular complexity index is 531. The van der Waals surface area contributed by atoms with Crippen LogP contribution < -0.4 is 15.4 Å². The van der Waals surface area contributed by atoms with Crippen LogP contribution >= 0.6 is 0 Å². The van der Waals surface area contributed by atoms with Gasteiger partial charge in [-0.2, -0.15) is 0 Å². The van der Waals surface area contributed by atoms with Crippen LogP contribution in [-0.2, 0) is 10.3 Å². The Kier molecular flexibility index (Phi) is 7.30. The van der Waals surface area contributed by atoms with Crippen molar-refractivity contribution in [2.24, 2.45) is 11.8 Å². The lowest BCUT2D eigenvalue weighted by Gasteiger charge is -2.28. The summed E-state index contributed by atoms with van der Waals surface area (Å²) in [5.74, 6) is 2.22. The van der Waals surface area contributed by atoms with Gasteiger partial charge in [0.25, 0.3) is 0 Å². The van der Waals surface area contributed by atoms with Gasteiger partial charge in [-0.1, -0.05) is 26.0 Å². The number of carbonyl (C=O) groups excluding carboxylic acids is 1. The van der Waals surface area contributed by atoms with Crippen molar-refractivity contribution in [3.05, 3.63) is 29.8 Å². The van der Waals surface area contributed by atoms with Gasteiger partial charge in [-0.05, 0) is 75.7 Å². The van der Waals surface area contributed by atoms with Gasteiger partial charge >= 0.3 is 0 Å². The second kappa shape index (κ2) is 9.23. The average Bonchev–Trinajstić information content (AvgIpc) is 2.59. The van der Waals surface area contributed by atoms with E-state index in [1.165, 1.54) is 12.8 Å². The van der Waals surface area contributed by atoms with E-state index in [4.69, 9.17) is 4.74 Å². The van der Waals surface area contributed by atoms with E-state index in [2.05, 4.69) is 38.3 Å². The molecular weight excluding hydrogens is 312 g/mol. The molecule has 1 aromatic carbocycles. The van der Waals surface area contributed by atoms with Gasteiger partial charge in [-0.15, -0.1) is 0 Å². The first-order valence-corrected chi connectivity index (χ1v) is 9.62. The summed E-state index contributed by atoms with van der Waals surface area (Å²) in [6.07, 6.45) is 3.98. The Balaban J connectivity index is 1.83. The van der Waals surface area contributed by atoms with Crippen molar-refractivity contribution in [3.8, 4) is 5.75 Å². The van der Waals surface area contributed by atoms with Crippen LogP contribution in [0.15, 0.2) is 24.3 Å². The fraction of sp³-hybridized carbons (Fsp3) is 0.667. The molecule has 0 radical (unpaired) electrons. The van der Waals surface area contributed by atoms with Crippen molar-refractivity contribution in [2.75, 3.05) is 19.7 Å². The molecule has 1 amide bonds. The van der Waals surface area contributed by atoms with Gasteiger partial charge in [0.15, 0.2) is 0 Å². The highest BCUT2D eigenvalue weighted by atomic mass is 16.5. The molecule has 0 atom stereocenters. The third kappa shape index (κ3) is 6.69. The smallest absolute Gasteiger partial charge is 0.220 e. The van der Waals surface area contributed by atoms with Crippen LogP contribution in [0.5, 0.6) is 5.75 Å². The van der Waals surface area contributed by atoms with E-state index < -0.39 is 0 Å². The Hall–Kier alpha value is -1.55. The van der Waals surface area contributed by atoms with Crippen molar-refractivity contribution < 1.29 is 9.53 Å². The van der Waals surface area contributed by atoms with Crippen molar-refractivity contribution >= 4 is 5.91 Å². The number of benzene rings is 1. The molecule has 1 heterocycles. The summed E-state index contributed by atoms with van der Waals surface area (Å²) in [6, 6.07) is 8.06. The molecule has 2 rings (SSSR count). The van der Waals surface area contributed by atoms with Crippen molar-refractivity contribution in [1.82, 2.24) is 10.6 Å². The molecule has 0 saturated carbocycles. The number of rotatable bonds is 8. The van der Waals surface area contributed by atoms with E-state index in [0.29, 0.717) is 18.3 Å². The lowest BCUT2D eigenvalue weighted by molar-refractivity contribution is -0.123. The molecule has 4 nitrogen and oxygen atoms in total. The summed E-state index contributed by atoms with van der Waals surface area (Å²) in [6.45, 7) is 11.3. The van der Waals surface area contributed by atoms with Gasteiger partial charge in [0.2, 0.25) is 5.91 Å². The topological polar surface area (TPSA) is 50.4 Å². The fourth-order valence-electron chi connectivity index (χ4n) is 3.22. The van der Waals surface area contributed by atoms with E-state index in [0.717, 1.165) is 37.4 Å². The number of hydrogen-bond acceptors (Lipinski definition) is 3. The van der Waals surface area contributed by atoms with E-state index >= 15 is 0 Å². The van der Waals surface area contributed by atoms with Gasteiger partial charge in [-0.25, -0.2) is 0 Å². The molecule has 2 N–H and O–H groups in total. The van der Waals surface area contributed by atoms with Gasteiger partial charge in [0.1, 0.15) is 5.75 Å². The van der Waals surface area contributed by atoms with Crippen LogP contribution in [0, 0.1) is 11.8 Å².